The van der Waals surface area contributed by atoms with Gasteiger partial charge in [0.05, 0.1) is 4.92 Å². The van der Waals surface area contributed by atoms with Crippen molar-refractivity contribution < 1.29 is 4.92 Å². The van der Waals surface area contributed by atoms with Crippen molar-refractivity contribution in [1.82, 2.24) is 5.32 Å². The van der Waals surface area contributed by atoms with Gasteiger partial charge in [0.1, 0.15) is 5.69 Å². The molecule has 0 amide bonds. The minimum atomic E-state index is -0.236. The van der Waals surface area contributed by atoms with Gasteiger partial charge in [-0.3, -0.25) is 10.1 Å². The molecule has 21 heavy (non-hydrogen) atoms. The number of nitrogens with one attached hydrogen (secondary N) is 1. The Morgan fingerprint density at radius 3 is 2.62 bits per heavy atom. The van der Waals surface area contributed by atoms with E-state index in [1.807, 2.05) is 19.1 Å². The van der Waals surface area contributed by atoms with E-state index >= 15 is 0 Å². The van der Waals surface area contributed by atoms with Crippen molar-refractivity contribution in [3.8, 4) is 0 Å². The predicted octanol–water partition coefficient (Wildman–Crippen LogP) is 2.87. The lowest BCUT2D eigenvalue weighted by atomic mass is 9.97. The zero-order chi connectivity index (χ0) is 14.8. The molecule has 1 aromatic rings. The highest BCUT2D eigenvalue weighted by Gasteiger charge is 2.34. The Balaban J connectivity index is 1.85. The normalized spacial score (nSPS) is 19.5. The summed E-state index contributed by atoms with van der Waals surface area (Å²) >= 11 is 0. The average Bonchev–Trinajstić information content (AvgIpc) is 3.31. The van der Waals surface area contributed by atoms with Crippen molar-refractivity contribution in [2.75, 3.05) is 24.5 Å². The molecule has 1 aliphatic heterocycles. The third kappa shape index (κ3) is 3.35. The Morgan fingerprint density at radius 2 is 2.00 bits per heavy atom. The van der Waals surface area contributed by atoms with E-state index < -0.39 is 0 Å². The van der Waals surface area contributed by atoms with Gasteiger partial charge in [-0.25, -0.2) is 0 Å². The maximum Gasteiger partial charge on any atom is 0.292 e. The molecule has 5 nitrogen and oxygen atoms in total. The monoisotopic (exact) mass is 289 g/mol. The van der Waals surface area contributed by atoms with Crippen LogP contribution in [0.2, 0.25) is 0 Å². The molecule has 1 aromatic carbocycles. The van der Waals surface area contributed by atoms with Crippen molar-refractivity contribution in [3.63, 3.8) is 0 Å². The number of nitro benzene ring substituents is 1. The quantitative estimate of drug-likeness (QED) is 0.669. The van der Waals surface area contributed by atoms with Crippen molar-refractivity contribution in [2.24, 2.45) is 5.92 Å². The van der Waals surface area contributed by atoms with Crippen LogP contribution in [0.3, 0.4) is 0 Å². The fraction of sp³-hybridized carbons (Fsp3) is 0.625. The Hall–Kier alpha value is -1.62. The largest absolute Gasteiger partial charge is 0.363 e. The van der Waals surface area contributed by atoms with Crippen LogP contribution < -0.4 is 10.2 Å². The van der Waals surface area contributed by atoms with Crippen LogP contribution in [-0.4, -0.2) is 30.6 Å². The molecule has 0 spiro atoms. The first-order chi connectivity index (χ1) is 10.1. The first-order valence-corrected chi connectivity index (χ1v) is 7.87. The molecule has 2 aliphatic rings. The molecule has 1 aliphatic carbocycles. The molecule has 0 atom stereocenters. The van der Waals surface area contributed by atoms with Gasteiger partial charge in [0.25, 0.3) is 5.69 Å². The summed E-state index contributed by atoms with van der Waals surface area (Å²) in [6.45, 7) is 5.00. The third-order valence-electron chi connectivity index (χ3n) is 4.54. The van der Waals surface area contributed by atoms with Gasteiger partial charge < -0.3 is 10.2 Å². The lowest BCUT2D eigenvalue weighted by Crippen LogP contribution is -2.37. The molecule has 1 saturated carbocycles. The highest BCUT2D eigenvalue weighted by Crippen LogP contribution is 2.38. The van der Waals surface area contributed by atoms with Gasteiger partial charge in [-0.05, 0) is 63.2 Å². The van der Waals surface area contributed by atoms with E-state index in [9.17, 15) is 10.1 Å². The molecule has 1 N–H and O–H groups in total. The second-order valence-electron chi connectivity index (χ2n) is 6.33. The van der Waals surface area contributed by atoms with Gasteiger partial charge >= 0.3 is 0 Å². The first kappa shape index (κ1) is 14.3. The number of benzene rings is 1. The van der Waals surface area contributed by atoms with Gasteiger partial charge in [-0.2, -0.15) is 0 Å². The molecule has 0 unspecified atom stereocenters. The van der Waals surface area contributed by atoms with Crippen LogP contribution in [-0.2, 0) is 0 Å². The zero-order valence-corrected chi connectivity index (χ0v) is 12.5. The summed E-state index contributed by atoms with van der Waals surface area (Å²) in [5.41, 5.74) is 2.02. The molecular weight excluding hydrogens is 266 g/mol. The molecule has 1 heterocycles. The predicted molar refractivity (Wildman–Crippen MR) is 83.8 cm³/mol. The summed E-state index contributed by atoms with van der Waals surface area (Å²) in [6.07, 6.45) is 4.66. The Kier molecular flexibility index (Phi) is 4.10. The van der Waals surface area contributed by atoms with Crippen LogP contribution in [0.15, 0.2) is 18.2 Å². The lowest BCUT2D eigenvalue weighted by molar-refractivity contribution is -0.384. The van der Waals surface area contributed by atoms with Crippen molar-refractivity contribution >= 4 is 11.4 Å². The van der Waals surface area contributed by atoms with Crippen LogP contribution in [0.4, 0.5) is 11.4 Å². The SMILES string of the molecule is Cc1ccc(N(CC2CCNCC2)C2CC2)c([N+](=O)[O-])c1. The van der Waals surface area contributed by atoms with E-state index in [4.69, 9.17) is 0 Å². The summed E-state index contributed by atoms with van der Waals surface area (Å²) in [6, 6.07) is 6.13. The fourth-order valence-corrected chi connectivity index (χ4v) is 3.20. The number of hydrogen-bond donors (Lipinski definition) is 1. The number of hydrogen-bond acceptors (Lipinski definition) is 4. The molecule has 0 bridgehead atoms. The van der Waals surface area contributed by atoms with Crippen molar-refractivity contribution in [3.05, 3.63) is 33.9 Å². The van der Waals surface area contributed by atoms with Gasteiger partial charge in [0.2, 0.25) is 0 Å². The van der Waals surface area contributed by atoms with Crippen LogP contribution in [0.1, 0.15) is 31.2 Å². The van der Waals surface area contributed by atoms with Gasteiger partial charge in [0, 0.05) is 18.7 Å². The van der Waals surface area contributed by atoms with E-state index in [1.165, 1.54) is 12.8 Å². The van der Waals surface area contributed by atoms with Gasteiger partial charge in [0.15, 0.2) is 0 Å². The van der Waals surface area contributed by atoms with Crippen molar-refractivity contribution in [2.45, 2.75) is 38.6 Å². The number of anilines is 1. The molecular formula is C16H23N3O2. The minimum Gasteiger partial charge on any atom is -0.363 e. The Labute approximate surface area is 125 Å². The molecule has 0 aromatic heterocycles. The smallest absolute Gasteiger partial charge is 0.292 e. The minimum absolute atomic E-state index is 0.236. The maximum atomic E-state index is 11.4. The zero-order valence-electron chi connectivity index (χ0n) is 12.5. The van der Waals surface area contributed by atoms with Crippen LogP contribution in [0, 0.1) is 23.0 Å². The maximum absolute atomic E-state index is 11.4. The lowest BCUT2D eigenvalue weighted by Gasteiger charge is -2.31. The number of aryl methyl sites for hydroxylation is 1. The van der Waals surface area contributed by atoms with Crippen LogP contribution in [0.25, 0.3) is 0 Å². The summed E-state index contributed by atoms with van der Waals surface area (Å²) in [4.78, 5) is 13.4. The topological polar surface area (TPSA) is 58.4 Å². The van der Waals surface area contributed by atoms with Gasteiger partial charge in [-0.1, -0.05) is 6.07 Å². The van der Waals surface area contributed by atoms with Crippen LogP contribution in [0.5, 0.6) is 0 Å². The summed E-state index contributed by atoms with van der Waals surface area (Å²) in [5, 5.41) is 14.8. The van der Waals surface area contributed by atoms with Crippen LogP contribution >= 0.6 is 0 Å². The Morgan fingerprint density at radius 1 is 1.29 bits per heavy atom. The number of piperidine rings is 1. The summed E-state index contributed by atoms with van der Waals surface area (Å²) in [5.74, 6) is 0.646. The van der Waals surface area contributed by atoms with Crippen molar-refractivity contribution in [1.29, 1.82) is 0 Å². The molecule has 5 heteroatoms. The second kappa shape index (κ2) is 6.02. The average molecular weight is 289 g/mol. The number of nitrogens with zero attached hydrogens (tertiary/aromatic N) is 2. The molecule has 1 saturated heterocycles. The molecule has 0 radical (unpaired) electrons. The molecule has 3 rings (SSSR count). The Bertz CT molecular complexity index is 522. The van der Waals surface area contributed by atoms with E-state index in [0.29, 0.717) is 12.0 Å². The molecule has 2 fully saturated rings. The molecule has 114 valence electrons. The third-order valence-corrected chi connectivity index (χ3v) is 4.54. The van der Waals surface area contributed by atoms with E-state index in [0.717, 1.165) is 43.7 Å². The standard InChI is InChI=1S/C16H23N3O2/c1-12-2-5-15(16(10-12)19(20)21)18(14-3-4-14)11-13-6-8-17-9-7-13/h2,5,10,13-14,17H,3-4,6-9,11H2,1H3. The highest BCUT2D eigenvalue weighted by atomic mass is 16.6. The first-order valence-electron chi connectivity index (χ1n) is 7.87. The summed E-state index contributed by atoms with van der Waals surface area (Å²) < 4.78 is 0. The fourth-order valence-electron chi connectivity index (χ4n) is 3.20. The highest BCUT2D eigenvalue weighted by molar-refractivity contribution is 5.65. The van der Waals surface area contributed by atoms with E-state index in [1.54, 1.807) is 6.07 Å². The second-order valence-corrected chi connectivity index (χ2v) is 6.33. The van der Waals surface area contributed by atoms with E-state index in [-0.39, 0.29) is 10.6 Å². The summed E-state index contributed by atoms with van der Waals surface area (Å²) in [7, 11) is 0. The van der Waals surface area contributed by atoms with E-state index in [2.05, 4.69) is 10.2 Å². The number of rotatable bonds is 5. The number of nitro groups is 1. The van der Waals surface area contributed by atoms with Gasteiger partial charge in [-0.15, -0.1) is 0 Å².